The molecule has 5 heteroatoms. The SMILES string of the molecule is COc1cc(C(=O)N(C)Cc2ccccc2Br)cc(OC)c1C. The van der Waals surface area contributed by atoms with E-state index in [1.54, 1.807) is 38.3 Å². The number of hydrogen-bond donors (Lipinski definition) is 0. The lowest BCUT2D eigenvalue weighted by Crippen LogP contribution is -2.26. The Morgan fingerprint density at radius 3 is 2.22 bits per heavy atom. The predicted octanol–water partition coefficient (Wildman–Crippen LogP) is 4.05. The van der Waals surface area contributed by atoms with Gasteiger partial charge in [-0.1, -0.05) is 34.1 Å². The number of amides is 1. The van der Waals surface area contributed by atoms with E-state index < -0.39 is 0 Å². The number of ether oxygens (including phenoxy) is 2. The van der Waals surface area contributed by atoms with E-state index in [2.05, 4.69) is 15.9 Å². The van der Waals surface area contributed by atoms with Crippen molar-refractivity contribution in [2.24, 2.45) is 0 Å². The summed E-state index contributed by atoms with van der Waals surface area (Å²) in [6.07, 6.45) is 0. The minimum Gasteiger partial charge on any atom is -0.496 e. The van der Waals surface area contributed by atoms with Crippen molar-refractivity contribution in [1.82, 2.24) is 4.90 Å². The summed E-state index contributed by atoms with van der Waals surface area (Å²) in [5.74, 6) is 1.20. The molecule has 0 spiro atoms. The Labute approximate surface area is 145 Å². The second-order valence-electron chi connectivity index (χ2n) is 5.26. The monoisotopic (exact) mass is 377 g/mol. The molecule has 0 aliphatic carbocycles. The summed E-state index contributed by atoms with van der Waals surface area (Å²) < 4.78 is 11.7. The number of methoxy groups -OCH3 is 2. The zero-order valence-corrected chi connectivity index (χ0v) is 15.3. The van der Waals surface area contributed by atoms with E-state index in [9.17, 15) is 4.79 Å². The van der Waals surface area contributed by atoms with Gasteiger partial charge in [-0.25, -0.2) is 0 Å². The number of halogens is 1. The van der Waals surface area contributed by atoms with Crippen LogP contribution in [-0.2, 0) is 6.54 Å². The quantitative estimate of drug-likeness (QED) is 0.788. The van der Waals surface area contributed by atoms with Crippen LogP contribution in [-0.4, -0.2) is 32.1 Å². The molecule has 0 heterocycles. The van der Waals surface area contributed by atoms with Crippen molar-refractivity contribution in [1.29, 1.82) is 0 Å². The molecule has 0 unspecified atom stereocenters. The number of hydrogen-bond acceptors (Lipinski definition) is 3. The Hall–Kier alpha value is -2.01. The van der Waals surface area contributed by atoms with Crippen LogP contribution in [0.2, 0.25) is 0 Å². The highest BCUT2D eigenvalue weighted by atomic mass is 79.9. The first kappa shape index (κ1) is 17.3. The van der Waals surface area contributed by atoms with Crippen LogP contribution in [0.3, 0.4) is 0 Å². The first-order valence-electron chi connectivity index (χ1n) is 7.19. The Morgan fingerprint density at radius 2 is 1.70 bits per heavy atom. The summed E-state index contributed by atoms with van der Waals surface area (Å²) in [4.78, 5) is 14.4. The zero-order chi connectivity index (χ0) is 17.0. The largest absolute Gasteiger partial charge is 0.496 e. The maximum absolute atomic E-state index is 12.7. The van der Waals surface area contributed by atoms with Gasteiger partial charge in [0.2, 0.25) is 0 Å². The van der Waals surface area contributed by atoms with Crippen molar-refractivity contribution in [3.63, 3.8) is 0 Å². The second kappa shape index (κ2) is 7.51. The minimum atomic E-state index is -0.0858. The molecule has 0 aliphatic rings. The molecule has 23 heavy (non-hydrogen) atoms. The van der Waals surface area contributed by atoms with E-state index in [1.807, 2.05) is 31.2 Å². The van der Waals surface area contributed by atoms with E-state index >= 15 is 0 Å². The van der Waals surface area contributed by atoms with Crippen LogP contribution >= 0.6 is 15.9 Å². The van der Waals surface area contributed by atoms with Crippen LogP contribution in [0.1, 0.15) is 21.5 Å². The van der Waals surface area contributed by atoms with Crippen LogP contribution in [0.25, 0.3) is 0 Å². The fourth-order valence-electron chi connectivity index (χ4n) is 2.38. The summed E-state index contributed by atoms with van der Waals surface area (Å²) in [6.45, 7) is 2.41. The fraction of sp³-hybridized carbons (Fsp3) is 0.278. The lowest BCUT2D eigenvalue weighted by molar-refractivity contribution is 0.0784. The molecule has 0 saturated heterocycles. The molecule has 0 atom stereocenters. The summed E-state index contributed by atoms with van der Waals surface area (Å²) in [6, 6.07) is 11.4. The van der Waals surface area contributed by atoms with Crippen molar-refractivity contribution >= 4 is 21.8 Å². The average Bonchev–Trinajstić information content (AvgIpc) is 2.56. The topological polar surface area (TPSA) is 38.8 Å². The molecule has 1 amide bonds. The highest BCUT2D eigenvalue weighted by Crippen LogP contribution is 2.30. The van der Waals surface area contributed by atoms with Gasteiger partial charge >= 0.3 is 0 Å². The zero-order valence-electron chi connectivity index (χ0n) is 13.7. The Kier molecular flexibility index (Phi) is 5.66. The average molecular weight is 378 g/mol. The van der Waals surface area contributed by atoms with Gasteiger partial charge in [0.25, 0.3) is 5.91 Å². The van der Waals surface area contributed by atoms with Crippen LogP contribution < -0.4 is 9.47 Å². The summed E-state index contributed by atoms with van der Waals surface area (Å²) in [7, 11) is 4.95. The Balaban J connectivity index is 2.27. The number of nitrogens with zero attached hydrogens (tertiary/aromatic N) is 1. The summed E-state index contributed by atoms with van der Waals surface area (Å²) in [5, 5.41) is 0. The number of benzene rings is 2. The summed E-state index contributed by atoms with van der Waals surface area (Å²) in [5.41, 5.74) is 2.47. The molecule has 0 saturated carbocycles. The molecule has 0 bridgehead atoms. The van der Waals surface area contributed by atoms with E-state index in [1.165, 1.54) is 0 Å². The lowest BCUT2D eigenvalue weighted by Gasteiger charge is -2.20. The van der Waals surface area contributed by atoms with Gasteiger partial charge in [0.15, 0.2) is 0 Å². The van der Waals surface area contributed by atoms with Gasteiger partial charge in [-0.05, 0) is 30.7 Å². The highest BCUT2D eigenvalue weighted by molar-refractivity contribution is 9.10. The molecule has 0 aromatic heterocycles. The molecule has 0 fully saturated rings. The van der Waals surface area contributed by atoms with Crippen LogP contribution in [0.15, 0.2) is 40.9 Å². The second-order valence-corrected chi connectivity index (χ2v) is 6.11. The molecule has 4 nitrogen and oxygen atoms in total. The Bertz CT molecular complexity index is 690. The molecule has 2 rings (SSSR count). The number of rotatable bonds is 5. The maximum Gasteiger partial charge on any atom is 0.254 e. The fourth-order valence-corrected chi connectivity index (χ4v) is 2.79. The highest BCUT2D eigenvalue weighted by Gasteiger charge is 2.17. The van der Waals surface area contributed by atoms with Gasteiger partial charge in [0, 0.05) is 29.2 Å². The standard InChI is InChI=1S/C18H20BrNO3/c1-12-16(22-3)9-14(10-17(12)23-4)18(21)20(2)11-13-7-5-6-8-15(13)19/h5-10H,11H2,1-4H3. The van der Waals surface area contributed by atoms with Crippen molar-refractivity contribution in [3.05, 3.63) is 57.6 Å². The summed E-state index contributed by atoms with van der Waals surface area (Å²) >= 11 is 3.51. The third kappa shape index (κ3) is 3.85. The van der Waals surface area contributed by atoms with E-state index in [4.69, 9.17) is 9.47 Å². The molecule has 122 valence electrons. The van der Waals surface area contributed by atoms with Gasteiger partial charge in [0.05, 0.1) is 14.2 Å². The molecule has 2 aromatic rings. The van der Waals surface area contributed by atoms with Gasteiger partial charge in [0.1, 0.15) is 11.5 Å². The Morgan fingerprint density at radius 1 is 1.13 bits per heavy atom. The molecule has 0 radical (unpaired) electrons. The van der Waals surface area contributed by atoms with Crippen LogP contribution in [0.5, 0.6) is 11.5 Å². The number of carbonyl (C=O) groups excluding carboxylic acids is 1. The van der Waals surface area contributed by atoms with E-state index in [0.29, 0.717) is 23.6 Å². The smallest absolute Gasteiger partial charge is 0.254 e. The lowest BCUT2D eigenvalue weighted by atomic mass is 10.1. The molecule has 0 N–H and O–H groups in total. The molecule has 2 aromatic carbocycles. The van der Waals surface area contributed by atoms with E-state index in [-0.39, 0.29) is 5.91 Å². The maximum atomic E-state index is 12.7. The van der Waals surface area contributed by atoms with E-state index in [0.717, 1.165) is 15.6 Å². The van der Waals surface area contributed by atoms with Gasteiger partial charge < -0.3 is 14.4 Å². The van der Waals surface area contributed by atoms with Crippen LogP contribution in [0, 0.1) is 6.92 Å². The van der Waals surface area contributed by atoms with Crippen molar-refractivity contribution in [3.8, 4) is 11.5 Å². The predicted molar refractivity (Wildman–Crippen MR) is 94.2 cm³/mol. The minimum absolute atomic E-state index is 0.0858. The van der Waals surface area contributed by atoms with Gasteiger partial charge in [-0.15, -0.1) is 0 Å². The first-order chi connectivity index (χ1) is 11.0. The molecular formula is C18H20BrNO3. The van der Waals surface area contributed by atoms with Crippen molar-refractivity contribution in [2.75, 3.05) is 21.3 Å². The third-order valence-electron chi connectivity index (χ3n) is 3.71. The molecular weight excluding hydrogens is 358 g/mol. The third-order valence-corrected chi connectivity index (χ3v) is 4.48. The molecule has 0 aliphatic heterocycles. The normalized spacial score (nSPS) is 10.3. The van der Waals surface area contributed by atoms with Gasteiger partial charge in [-0.3, -0.25) is 4.79 Å². The number of carbonyl (C=O) groups is 1. The van der Waals surface area contributed by atoms with Crippen LogP contribution in [0.4, 0.5) is 0 Å². The first-order valence-corrected chi connectivity index (χ1v) is 7.98. The van der Waals surface area contributed by atoms with Gasteiger partial charge in [-0.2, -0.15) is 0 Å². The van der Waals surface area contributed by atoms with Crippen molar-refractivity contribution < 1.29 is 14.3 Å². The van der Waals surface area contributed by atoms with Crippen molar-refractivity contribution in [2.45, 2.75) is 13.5 Å².